The van der Waals surface area contributed by atoms with Crippen LogP contribution in [0.5, 0.6) is 0 Å². The number of likely N-dealkylation sites (tertiary alicyclic amines) is 1. The number of halogens is 1. The van der Waals surface area contributed by atoms with Crippen LogP contribution in [0, 0.1) is 5.82 Å². The number of hydrogen-bond donors (Lipinski definition) is 0. The molecule has 1 atom stereocenters. The van der Waals surface area contributed by atoms with Gasteiger partial charge in [0.2, 0.25) is 17.6 Å². The monoisotopic (exact) mass is 338 g/mol. The lowest BCUT2D eigenvalue weighted by molar-refractivity contribution is -0.129. The maximum Gasteiger partial charge on any atom is 0.249 e. The van der Waals surface area contributed by atoms with E-state index >= 15 is 0 Å². The topological polar surface area (TPSA) is 72.1 Å². The summed E-state index contributed by atoms with van der Waals surface area (Å²) in [6, 6.07) is 9.49. The molecule has 1 aliphatic heterocycles. The average molecular weight is 338 g/mol. The number of pyridine rings is 1. The third-order valence-corrected chi connectivity index (χ3v) is 4.24. The molecule has 0 spiro atoms. The molecule has 0 bridgehead atoms. The Hall–Kier alpha value is -3.09. The van der Waals surface area contributed by atoms with Crippen molar-refractivity contribution in [1.82, 2.24) is 20.0 Å². The lowest BCUT2D eigenvalue weighted by Crippen LogP contribution is -2.27. The zero-order valence-electron chi connectivity index (χ0n) is 13.3. The van der Waals surface area contributed by atoms with Crippen LogP contribution < -0.4 is 0 Å². The molecule has 0 radical (unpaired) electrons. The van der Waals surface area contributed by atoms with E-state index in [1.807, 2.05) is 6.07 Å². The number of aromatic nitrogens is 3. The summed E-state index contributed by atoms with van der Waals surface area (Å²) in [4.78, 5) is 22.4. The third-order valence-electron chi connectivity index (χ3n) is 4.24. The van der Waals surface area contributed by atoms with Crippen LogP contribution in [0.4, 0.5) is 4.39 Å². The molecule has 126 valence electrons. The second-order valence-corrected chi connectivity index (χ2v) is 5.90. The van der Waals surface area contributed by atoms with E-state index in [2.05, 4.69) is 15.1 Å². The first-order chi connectivity index (χ1) is 12.2. The first kappa shape index (κ1) is 15.4. The molecule has 1 unspecified atom stereocenters. The van der Waals surface area contributed by atoms with E-state index in [1.165, 1.54) is 12.1 Å². The van der Waals surface area contributed by atoms with Crippen LogP contribution in [-0.4, -0.2) is 25.9 Å². The molecule has 25 heavy (non-hydrogen) atoms. The van der Waals surface area contributed by atoms with E-state index in [0.717, 1.165) is 11.1 Å². The van der Waals surface area contributed by atoms with Crippen LogP contribution in [0.2, 0.25) is 0 Å². The van der Waals surface area contributed by atoms with Gasteiger partial charge in [-0.25, -0.2) is 4.39 Å². The molecular formula is C18H15FN4O2. The quantitative estimate of drug-likeness (QED) is 0.731. The fraction of sp³-hybridized carbons (Fsp3) is 0.222. The van der Waals surface area contributed by atoms with Crippen molar-refractivity contribution in [1.29, 1.82) is 0 Å². The van der Waals surface area contributed by atoms with Crippen molar-refractivity contribution in [3.8, 4) is 11.4 Å². The van der Waals surface area contributed by atoms with E-state index in [1.54, 1.807) is 35.5 Å². The van der Waals surface area contributed by atoms with Crippen molar-refractivity contribution in [3.63, 3.8) is 0 Å². The van der Waals surface area contributed by atoms with E-state index in [9.17, 15) is 9.18 Å². The summed E-state index contributed by atoms with van der Waals surface area (Å²) in [7, 11) is 0. The molecule has 0 N–H and O–H groups in total. The predicted octanol–water partition coefficient (Wildman–Crippen LogP) is 3.13. The van der Waals surface area contributed by atoms with Gasteiger partial charge in [0.1, 0.15) is 11.9 Å². The summed E-state index contributed by atoms with van der Waals surface area (Å²) in [6.07, 6.45) is 4.38. The van der Waals surface area contributed by atoms with Gasteiger partial charge in [-0.15, -0.1) is 0 Å². The van der Waals surface area contributed by atoms with Gasteiger partial charge >= 0.3 is 0 Å². The van der Waals surface area contributed by atoms with Crippen molar-refractivity contribution < 1.29 is 13.7 Å². The number of rotatable bonds is 4. The first-order valence-corrected chi connectivity index (χ1v) is 7.98. The molecule has 0 aliphatic carbocycles. The molecule has 2 aromatic heterocycles. The normalized spacial score (nSPS) is 17.2. The summed E-state index contributed by atoms with van der Waals surface area (Å²) >= 11 is 0. The Morgan fingerprint density at radius 2 is 2.08 bits per heavy atom. The van der Waals surface area contributed by atoms with Crippen LogP contribution in [0.3, 0.4) is 0 Å². The number of benzene rings is 1. The summed E-state index contributed by atoms with van der Waals surface area (Å²) in [6.45, 7) is 0.383. The highest BCUT2D eigenvalue weighted by Gasteiger charge is 2.36. The Morgan fingerprint density at radius 3 is 2.84 bits per heavy atom. The van der Waals surface area contributed by atoms with Crippen LogP contribution >= 0.6 is 0 Å². The largest absolute Gasteiger partial charge is 0.337 e. The zero-order valence-corrected chi connectivity index (χ0v) is 13.3. The van der Waals surface area contributed by atoms with Crippen LogP contribution in [-0.2, 0) is 11.3 Å². The molecule has 1 saturated heterocycles. The van der Waals surface area contributed by atoms with E-state index in [0.29, 0.717) is 31.1 Å². The minimum Gasteiger partial charge on any atom is -0.337 e. The van der Waals surface area contributed by atoms with Gasteiger partial charge in [-0.3, -0.25) is 9.78 Å². The van der Waals surface area contributed by atoms with Gasteiger partial charge in [0.25, 0.3) is 0 Å². The zero-order chi connectivity index (χ0) is 17.2. The number of amides is 1. The van der Waals surface area contributed by atoms with Crippen LogP contribution in [0.1, 0.15) is 30.3 Å². The molecule has 1 fully saturated rings. The lowest BCUT2D eigenvalue weighted by atomic mass is 10.1. The van der Waals surface area contributed by atoms with Crippen molar-refractivity contribution >= 4 is 5.91 Å². The Kier molecular flexibility index (Phi) is 3.97. The SMILES string of the molecule is O=C1CCC(c2nc(-c3cccnc3)no2)N1Cc1ccc(F)cc1. The Morgan fingerprint density at radius 1 is 1.24 bits per heavy atom. The first-order valence-electron chi connectivity index (χ1n) is 7.98. The van der Waals surface area contributed by atoms with Crippen molar-refractivity contribution in [2.75, 3.05) is 0 Å². The Labute approximate surface area is 143 Å². The van der Waals surface area contributed by atoms with Gasteiger partial charge in [-0.1, -0.05) is 17.3 Å². The number of hydrogen-bond acceptors (Lipinski definition) is 5. The summed E-state index contributed by atoms with van der Waals surface area (Å²) in [5.74, 6) is 0.581. The maximum atomic E-state index is 13.1. The minimum absolute atomic E-state index is 0.0236. The van der Waals surface area contributed by atoms with Gasteiger partial charge in [-0.2, -0.15) is 4.98 Å². The second kappa shape index (κ2) is 6.43. The van der Waals surface area contributed by atoms with Gasteiger partial charge in [-0.05, 0) is 36.2 Å². The Bertz CT molecular complexity index is 880. The standard InChI is InChI=1S/C18H15FN4O2/c19-14-5-3-12(4-6-14)11-23-15(7-8-16(23)24)18-21-17(22-25-18)13-2-1-9-20-10-13/h1-6,9-10,15H,7-8,11H2. The number of carbonyl (C=O) groups is 1. The van der Waals surface area contributed by atoms with Gasteiger partial charge in [0.05, 0.1) is 0 Å². The number of nitrogens with zero attached hydrogens (tertiary/aromatic N) is 4. The fourth-order valence-electron chi connectivity index (χ4n) is 2.96. The maximum absolute atomic E-state index is 13.1. The predicted molar refractivity (Wildman–Crippen MR) is 86.5 cm³/mol. The van der Waals surface area contributed by atoms with E-state index in [-0.39, 0.29) is 17.8 Å². The lowest BCUT2D eigenvalue weighted by Gasteiger charge is -2.22. The van der Waals surface area contributed by atoms with Crippen molar-refractivity contribution in [2.24, 2.45) is 0 Å². The molecule has 1 aromatic carbocycles. The molecule has 6 nitrogen and oxygen atoms in total. The van der Waals surface area contributed by atoms with Crippen LogP contribution in [0.25, 0.3) is 11.4 Å². The van der Waals surface area contributed by atoms with Crippen molar-refractivity contribution in [3.05, 3.63) is 66.1 Å². The number of carbonyl (C=O) groups excluding carboxylic acids is 1. The summed E-state index contributed by atoms with van der Waals surface area (Å²) < 4.78 is 18.5. The molecule has 1 amide bonds. The third kappa shape index (κ3) is 3.13. The molecule has 7 heteroatoms. The second-order valence-electron chi connectivity index (χ2n) is 5.90. The van der Waals surface area contributed by atoms with E-state index < -0.39 is 0 Å². The average Bonchev–Trinajstić information content (AvgIpc) is 3.25. The molecule has 1 aliphatic rings. The highest BCUT2D eigenvalue weighted by Crippen LogP contribution is 2.34. The fourth-order valence-corrected chi connectivity index (χ4v) is 2.96. The highest BCUT2D eigenvalue weighted by atomic mass is 19.1. The Balaban J connectivity index is 1.57. The highest BCUT2D eigenvalue weighted by molar-refractivity contribution is 5.78. The molecule has 3 heterocycles. The molecule has 3 aromatic rings. The molecular weight excluding hydrogens is 323 g/mol. The smallest absolute Gasteiger partial charge is 0.249 e. The molecule has 4 rings (SSSR count). The minimum atomic E-state index is -0.300. The van der Waals surface area contributed by atoms with Crippen molar-refractivity contribution in [2.45, 2.75) is 25.4 Å². The molecule has 0 saturated carbocycles. The summed E-state index contributed by atoms with van der Waals surface area (Å²) in [5, 5.41) is 4.00. The van der Waals surface area contributed by atoms with Gasteiger partial charge in [0.15, 0.2) is 0 Å². The summed E-state index contributed by atoms with van der Waals surface area (Å²) in [5.41, 5.74) is 1.61. The van der Waals surface area contributed by atoms with Gasteiger partial charge < -0.3 is 9.42 Å². The van der Waals surface area contributed by atoms with E-state index in [4.69, 9.17) is 4.52 Å². The van der Waals surface area contributed by atoms with Crippen LogP contribution in [0.15, 0.2) is 53.3 Å². The van der Waals surface area contributed by atoms with Gasteiger partial charge in [0, 0.05) is 30.9 Å².